The molecular weight excluding hydrogens is 300 g/mol. The van der Waals surface area contributed by atoms with E-state index in [9.17, 15) is 0 Å². The monoisotopic (exact) mass is 322 g/mol. The summed E-state index contributed by atoms with van der Waals surface area (Å²) < 4.78 is 1.99. The molecule has 0 amide bonds. The Bertz CT molecular complexity index is 749. The fraction of sp³-hybridized carbons (Fsp3) is 0.389. The molecule has 1 aliphatic rings. The summed E-state index contributed by atoms with van der Waals surface area (Å²) in [6.45, 7) is 4.14. The van der Waals surface area contributed by atoms with Crippen LogP contribution >= 0.6 is 0 Å². The molecule has 4 rings (SSSR count). The summed E-state index contributed by atoms with van der Waals surface area (Å²) in [5.41, 5.74) is 1.06. The van der Waals surface area contributed by atoms with Gasteiger partial charge in [0.1, 0.15) is 5.82 Å². The van der Waals surface area contributed by atoms with Crippen molar-refractivity contribution in [2.45, 2.75) is 25.3 Å². The first-order chi connectivity index (χ1) is 11.9. The number of rotatable bonds is 5. The van der Waals surface area contributed by atoms with Crippen LogP contribution in [0.4, 0.5) is 0 Å². The van der Waals surface area contributed by atoms with Gasteiger partial charge in [-0.3, -0.25) is 9.78 Å². The molecular formula is C18H22N6. The highest BCUT2D eigenvalue weighted by Crippen LogP contribution is 2.25. The summed E-state index contributed by atoms with van der Waals surface area (Å²) in [4.78, 5) is 7.24. The number of hydrogen-bond acceptors (Lipinski definition) is 4. The van der Waals surface area contributed by atoms with Crippen molar-refractivity contribution in [3.8, 4) is 11.4 Å². The molecule has 0 saturated carbocycles. The molecule has 24 heavy (non-hydrogen) atoms. The van der Waals surface area contributed by atoms with Gasteiger partial charge in [-0.15, -0.1) is 0 Å². The molecule has 0 radical (unpaired) electrons. The topological polar surface area (TPSA) is 62.6 Å². The Labute approximate surface area is 141 Å². The lowest BCUT2D eigenvalue weighted by Crippen LogP contribution is -2.36. The highest BCUT2D eigenvalue weighted by molar-refractivity contribution is 5.53. The van der Waals surface area contributed by atoms with Gasteiger partial charge in [-0.2, -0.15) is 10.2 Å². The minimum Gasteiger partial charge on any atom is -0.301 e. The number of nitrogens with zero attached hydrogens (tertiary/aromatic N) is 5. The second-order valence-electron chi connectivity index (χ2n) is 6.32. The van der Waals surface area contributed by atoms with E-state index in [2.05, 4.69) is 20.2 Å². The van der Waals surface area contributed by atoms with Gasteiger partial charge in [-0.1, -0.05) is 30.3 Å². The lowest BCUT2D eigenvalue weighted by molar-refractivity contribution is 0.195. The molecule has 1 atom stereocenters. The maximum absolute atomic E-state index is 4.74. The molecule has 1 N–H and O–H groups in total. The largest absolute Gasteiger partial charge is 0.301 e. The van der Waals surface area contributed by atoms with Crippen molar-refractivity contribution in [2.75, 3.05) is 19.6 Å². The van der Waals surface area contributed by atoms with E-state index < -0.39 is 0 Å². The van der Waals surface area contributed by atoms with E-state index in [1.807, 2.05) is 53.5 Å². The highest BCUT2D eigenvalue weighted by Gasteiger charge is 2.24. The van der Waals surface area contributed by atoms with Crippen LogP contribution in [0, 0.1) is 0 Å². The maximum atomic E-state index is 4.74. The van der Waals surface area contributed by atoms with Crippen LogP contribution in [0.1, 0.15) is 24.6 Å². The number of aromatic amines is 1. The molecule has 3 aromatic rings. The Morgan fingerprint density at radius 3 is 2.88 bits per heavy atom. The second-order valence-corrected chi connectivity index (χ2v) is 6.32. The van der Waals surface area contributed by atoms with Gasteiger partial charge in [0, 0.05) is 37.0 Å². The minimum absolute atomic E-state index is 0.432. The molecule has 2 aromatic heterocycles. The molecule has 1 aromatic carbocycles. The normalized spacial score (nSPS) is 18.8. The fourth-order valence-electron chi connectivity index (χ4n) is 3.33. The van der Waals surface area contributed by atoms with Crippen LogP contribution in [-0.2, 0) is 6.54 Å². The summed E-state index contributed by atoms with van der Waals surface area (Å²) in [7, 11) is 0. The quantitative estimate of drug-likeness (QED) is 0.784. The van der Waals surface area contributed by atoms with Gasteiger partial charge in [0.2, 0.25) is 0 Å². The third kappa shape index (κ3) is 3.38. The zero-order valence-corrected chi connectivity index (χ0v) is 13.7. The van der Waals surface area contributed by atoms with E-state index in [1.54, 1.807) is 0 Å². The molecule has 6 heteroatoms. The van der Waals surface area contributed by atoms with Crippen LogP contribution in [0.2, 0.25) is 0 Å². The second kappa shape index (κ2) is 6.97. The van der Waals surface area contributed by atoms with Crippen molar-refractivity contribution < 1.29 is 0 Å². The summed E-state index contributed by atoms with van der Waals surface area (Å²) in [6.07, 6.45) is 6.22. The Morgan fingerprint density at radius 1 is 1.12 bits per heavy atom. The van der Waals surface area contributed by atoms with Crippen LogP contribution in [0.3, 0.4) is 0 Å². The van der Waals surface area contributed by atoms with Gasteiger partial charge in [0.15, 0.2) is 5.82 Å². The maximum Gasteiger partial charge on any atom is 0.181 e. The third-order valence-corrected chi connectivity index (χ3v) is 4.63. The van der Waals surface area contributed by atoms with Gasteiger partial charge in [-0.25, -0.2) is 4.98 Å². The van der Waals surface area contributed by atoms with Crippen LogP contribution in [0.5, 0.6) is 0 Å². The van der Waals surface area contributed by atoms with Gasteiger partial charge < -0.3 is 4.90 Å². The molecule has 3 heterocycles. The number of benzene rings is 1. The number of likely N-dealkylation sites (tertiary alicyclic amines) is 1. The van der Waals surface area contributed by atoms with Crippen molar-refractivity contribution in [2.24, 2.45) is 0 Å². The van der Waals surface area contributed by atoms with Crippen molar-refractivity contribution >= 4 is 0 Å². The van der Waals surface area contributed by atoms with Gasteiger partial charge in [-0.05, 0) is 25.5 Å². The summed E-state index contributed by atoms with van der Waals surface area (Å²) >= 11 is 0. The van der Waals surface area contributed by atoms with Crippen molar-refractivity contribution in [3.05, 3.63) is 54.6 Å². The smallest absolute Gasteiger partial charge is 0.181 e. The number of H-pyrrole nitrogens is 1. The first kappa shape index (κ1) is 15.1. The van der Waals surface area contributed by atoms with Crippen LogP contribution in [0.25, 0.3) is 11.4 Å². The average Bonchev–Trinajstić information content (AvgIpc) is 3.33. The summed E-state index contributed by atoms with van der Waals surface area (Å²) in [5.74, 6) is 2.23. The van der Waals surface area contributed by atoms with Crippen LogP contribution in [-0.4, -0.2) is 49.5 Å². The number of aromatic nitrogens is 5. The molecule has 1 fully saturated rings. The molecule has 0 aliphatic carbocycles. The lowest BCUT2D eigenvalue weighted by Gasteiger charge is -2.31. The van der Waals surface area contributed by atoms with Crippen molar-refractivity contribution in [1.82, 2.24) is 29.9 Å². The Hall–Kier alpha value is -2.47. The zero-order valence-electron chi connectivity index (χ0n) is 13.7. The Balaban J connectivity index is 1.40. The lowest BCUT2D eigenvalue weighted by atomic mass is 9.97. The van der Waals surface area contributed by atoms with E-state index in [-0.39, 0.29) is 0 Å². The van der Waals surface area contributed by atoms with E-state index >= 15 is 0 Å². The first-order valence-corrected chi connectivity index (χ1v) is 8.56. The summed E-state index contributed by atoms with van der Waals surface area (Å²) in [5, 5.41) is 11.8. The van der Waals surface area contributed by atoms with Gasteiger partial charge in [0.25, 0.3) is 0 Å². The molecule has 0 unspecified atom stereocenters. The molecule has 6 nitrogen and oxygen atoms in total. The zero-order chi connectivity index (χ0) is 16.2. The number of piperidine rings is 1. The minimum atomic E-state index is 0.432. The molecule has 124 valence electrons. The molecule has 0 bridgehead atoms. The molecule has 1 aliphatic heterocycles. The van der Waals surface area contributed by atoms with Crippen molar-refractivity contribution in [3.63, 3.8) is 0 Å². The van der Waals surface area contributed by atoms with E-state index in [0.717, 1.165) is 43.4 Å². The average molecular weight is 322 g/mol. The van der Waals surface area contributed by atoms with E-state index in [1.165, 1.54) is 12.8 Å². The Kier molecular flexibility index (Phi) is 4.38. The third-order valence-electron chi connectivity index (χ3n) is 4.63. The molecule has 1 saturated heterocycles. The Morgan fingerprint density at radius 2 is 2.04 bits per heavy atom. The predicted molar refractivity (Wildman–Crippen MR) is 92.5 cm³/mol. The first-order valence-electron chi connectivity index (χ1n) is 8.56. The fourth-order valence-corrected chi connectivity index (χ4v) is 3.33. The number of hydrogen-bond donors (Lipinski definition) is 1. The predicted octanol–water partition coefficient (Wildman–Crippen LogP) is 2.55. The van der Waals surface area contributed by atoms with Gasteiger partial charge in [0.05, 0.1) is 6.54 Å². The van der Waals surface area contributed by atoms with E-state index in [4.69, 9.17) is 4.98 Å². The SMILES string of the molecule is c1ccc(-c2n[nH]c([C@H]3CCCN(CCn4cccn4)C3)n2)cc1. The standard InChI is InChI=1S/C18H22N6/c1-2-6-15(7-3-1)17-20-18(22-21-17)16-8-4-10-23(14-16)12-13-24-11-5-9-19-24/h1-3,5-7,9,11,16H,4,8,10,12-14H2,(H,20,21,22)/t16-/m0/s1. The summed E-state index contributed by atoms with van der Waals surface area (Å²) in [6, 6.07) is 12.1. The molecule has 0 spiro atoms. The number of nitrogens with one attached hydrogen (secondary N) is 1. The van der Waals surface area contributed by atoms with Crippen LogP contribution < -0.4 is 0 Å². The van der Waals surface area contributed by atoms with Gasteiger partial charge >= 0.3 is 0 Å². The highest BCUT2D eigenvalue weighted by atomic mass is 15.3. The van der Waals surface area contributed by atoms with E-state index in [0.29, 0.717) is 5.92 Å². The van der Waals surface area contributed by atoms with Crippen LogP contribution in [0.15, 0.2) is 48.8 Å². The van der Waals surface area contributed by atoms with Crippen molar-refractivity contribution in [1.29, 1.82) is 0 Å².